The van der Waals surface area contributed by atoms with Crippen LogP contribution in [0, 0.1) is 0 Å². The van der Waals surface area contributed by atoms with Gasteiger partial charge in [-0.25, -0.2) is 5.01 Å². The van der Waals surface area contributed by atoms with Gasteiger partial charge in [-0.3, -0.25) is 15.0 Å². The molecule has 6 nitrogen and oxygen atoms in total. The molecule has 2 amide bonds. The molecule has 1 fully saturated rings. The highest BCUT2D eigenvalue weighted by atomic mass is 32.2. The van der Waals surface area contributed by atoms with Crippen molar-refractivity contribution in [3.63, 3.8) is 0 Å². The zero-order chi connectivity index (χ0) is 22.2. The number of carbonyl (C=O) groups is 2. The zero-order valence-corrected chi connectivity index (χ0v) is 18.8. The van der Waals surface area contributed by atoms with Crippen molar-refractivity contribution in [1.82, 2.24) is 15.0 Å². The first kappa shape index (κ1) is 20.5. The fraction of sp³-hybridized carbons (Fsp3) is 0.200. The van der Waals surface area contributed by atoms with Crippen LogP contribution in [-0.4, -0.2) is 41.2 Å². The molecule has 1 N–H and O–H groups in total. The number of thioether (sulfide) groups is 1. The van der Waals surface area contributed by atoms with Gasteiger partial charge in [-0.2, -0.15) is 0 Å². The molecule has 1 saturated heterocycles. The number of benzene rings is 3. The number of fused-ring (bicyclic) bond motifs is 3. The van der Waals surface area contributed by atoms with Crippen LogP contribution in [0.1, 0.15) is 10.9 Å². The second-order valence-corrected chi connectivity index (χ2v) is 9.14. The minimum absolute atomic E-state index is 0.0905. The van der Waals surface area contributed by atoms with E-state index in [0.717, 1.165) is 33.1 Å². The number of nitrogens with zero attached hydrogens (tertiary/aromatic N) is 3. The van der Waals surface area contributed by atoms with Crippen LogP contribution in [0.4, 0.5) is 5.69 Å². The molecule has 32 heavy (non-hydrogen) atoms. The van der Waals surface area contributed by atoms with Crippen LogP contribution in [0.5, 0.6) is 0 Å². The summed E-state index contributed by atoms with van der Waals surface area (Å²) in [5, 5.41) is 3.47. The Hall–Kier alpha value is -3.45. The van der Waals surface area contributed by atoms with E-state index in [1.807, 2.05) is 84.2 Å². The Kier molecular flexibility index (Phi) is 5.27. The first-order chi connectivity index (χ1) is 15.5. The number of para-hydroxylation sites is 2. The third-order valence-corrected chi connectivity index (χ3v) is 7.00. The van der Waals surface area contributed by atoms with Crippen LogP contribution in [0.2, 0.25) is 0 Å². The van der Waals surface area contributed by atoms with Crippen molar-refractivity contribution in [2.45, 2.75) is 11.9 Å². The number of rotatable bonds is 5. The van der Waals surface area contributed by atoms with Crippen LogP contribution in [0.25, 0.3) is 21.8 Å². The van der Waals surface area contributed by atoms with Gasteiger partial charge in [0.1, 0.15) is 11.9 Å². The molecular formula is C25H24N4O2S. The number of carbonyl (C=O) groups excluding carboxylic acids is 2. The van der Waals surface area contributed by atoms with Crippen LogP contribution in [0.15, 0.2) is 72.8 Å². The number of hydrogen-bond acceptors (Lipinski definition) is 4. The molecule has 4 aromatic rings. The summed E-state index contributed by atoms with van der Waals surface area (Å²) in [6.45, 7) is 0.134. The summed E-state index contributed by atoms with van der Waals surface area (Å²) in [7, 11) is 3.98. The third-order valence-electron chi connectivity index (χ3n) is 5.79. The largest absolute Gasteiger partial charge is 0.378 e. The van der Waals surface area contributed by atoms with Gasteiger partial charge >= 0.3 is 0 Å². The van der Waals surface area contributed by atoms with Crippen molar-refractivity contribution in [2.24, 2.45) is 0 Å². The zero-order valence-electron chi connectivity index (χ0n) is 18.0. The molecule has 1 unspecified atom stereocenters. The van der Waals surface area contributed by atoms with Gasteiger partial charge in [-0.05, 0) is 29.8 Å². The van der Waals surface area contributed by atoms with Crippen molar-refractivity contribution < 1.29 is 9.59 Å². The smallest absolute Gasteiger partial charge is 0.258 e. The standard InChI is InChI=1S/C25H24N4O2S/c1-27(2)18-13-11-17(12-14-18)25-29(24(31)16-32-25)26-23(30)15-28-21-9-5-3-7-19(21)20-8-4-6-10-22(20)28/h3-14,25H,15-16H2,1-2H3,(H,26,30). The minimum Gasteiger partial charge on any atom is -0.378 e. The van der Waals surface area contributed by atoms with Gasteiger partial charge in [-0.1, -0.05) is 48.5 Å². The molecule has 7 heteroatoms. The van der Waals surface area contributed by atoms with Crippen LogP contribution >= 0.6 is 11.8 Å². The highest BCUT2D eigenvalue weighted by molar-refractivity contribution is 8.00. The average Bonchev–Trinajstić information content (AvgIpc) is 3.32. The topological polar surface area (TPSA) is 57.6 Å². The van der Waals surface area contributed by atoms with Crippen molar-refractivity contribution in [2.75, 3.05) is 24.7 Å². The Bertz CT molecular complexity index is 1260. The Morgan fingerprint density at radius 1 is 0.969 bits per heavy atom. The molecule has 0 radical (unpaired) electrons. The molecule has 3 aromatic carbocycles. The molecule has 0 aliphatic carbocycles. The Labute approximate surface area is 190 Å². The van der Waals surface area contributed by atoms with E-state index in [1.165, 1.54) is 16.8 Å². The lowest BCUT2D eigenvalue weighted by Gasteiger charge is -2.25. The molecule has 5 rings (SSSR count). The van der Waals surface area contributed by atoms with Gasteiger partial charge in [0, 0.05) is 41.6 Å². The third kappa shape index (κ3) is 3.58. The summed E-state index contributed by atoms with van der Waals surface area (Å²) in [4.78, 5) is 27.7. The van der Waals surface area contributed by atoms with E-state index in [2.05, 4.69) is 17.6 Å². The van der Waals surface area contributed by atoms with Crippen molar-refractivity contribution in [3.05, 3.63) is 78.4 Å². The molecule has 162 valence electrons. The van der Waals surface area contributed by atoms with Gasteiger partial charge in [-0.15, -0.1) is 11.8 Å². The van der Waals surface area contributed by atoms with E-state index >= 15 is 0 Å². The number of nitrogens with one attached hydrogen (secondary N) is 1. The van der Waals surface area contributed by atoms with E-state index in [4.69, 9.17) is 0 Å². The molecular weight excluding hydrogens is 420 g/mol. The van der Waals surface area contributed by atoms with Gasteiger partial charge < -0.3 is 9.47 Å². The van der Waals surface area contributed by atoms with Crippen LogP contribution in [0.3, 0.4) is 0 Å². The molecule has 1 aromatic heterocycles. The number of hydrogen-bond donors (Lipinski definition) is 1. The fourth-order valence-corrected chi connectivity index (χ4v) is 5.32. The summed E-state index contributed by atoms with van der Waals surface area (Å²) in [5.74, 6) is 0.0324. The predicted octanol–water partition coefficient (Wildman–Crippen LogP) is 4.17. The molecule has 0 spiro atoms. The maximum absolute atomic E-state index is 13.1. The summed E-state index contributed by atoms with van der Waals surface area (Å²) in [6.07, 6.45) is 0. The average molecular weight is 445 g/mol. The van der Waals surface area contributed by atoms with E-state index < -0.39 is 0 Å². The van der Waals surface area contributed by atoms with Crippen molar-refractivity contribution in [3.8, 4) is 0 Å². The summed E-state index contributed by atoms with van der Waals surface area (Å²) in [6, 6.07) is 24.2. The Balaban J connectivity index is 1.40. The summed E-state index contributed by atoms with van der Waals surface area (Å²) in [5.41, 5.74) is 6.96. The van der Waals surface area contributed by atoms with Crippen molar-refractivity contribution >= 4 is 51.1 Å². The second-order valence-electron chi connectivity index (χ2n) is 8.07. The molecule has 0 bridgehead atoms. The Morgan fingerprint density at radius 3 is 2.16 bits per heavy atom. The number of amides is 2. The van der Waals surface area contributed by atoms with E-state index in [9.17, 15) is 9.59 Å². The van der Waals surface area contributed by atoms with E-state index in [0.29, 0.717) is 5.75 Å². The highest BCUT2D eigenvalue weighted by Crippen LogP contribution is 2.38. The Morgan fingerprint density at radius 2 is 1.56 bits per heavy atom. The second kappa shape index (κ2) is 8.24. The normalized spacial score (nSPS) is 16.1. The lowest BCUT2D eigenvalue weighted by Crippen LogP contribution is -2.45. The lowest BCUT2D eigenvalue weighted by molar-refractivity contribution is -0.139. The predicted molar refractivity (Wildman–Crippen MR) is 130 cm³/mol. The van der Waals surface area contributed by atoms with Crippen LogP contribution < -0.4 is 10.3 Å². The fourth-order valence-electron chi connectivity index (χ4n) is 4.22. The lowest BCUT2D eigenvalue weighted by atomic mass is 10.2. The minimum atomic E-state index is -0.235. The maximum Gasteiger partial charge on any atom is 0.258 e. The first-order valence-corrected chi connectivity index (χ1v) is 11.5. The number of hydrazine groups is 1. The van der Waals surface area contributed by atoms with E-state index in [1.54, 1.807) is 0 Å². The van der Waals surface area contributed by atoms with Crippen molar-refractivity contribution in [1.29, 1.82) is 0 Å². The summed E-state index contributed by atoms with van der Waals surface area (Å²) >= 11 is 1.52. The number of aromatic nitrogens is 1. The van der Waals surface area contributed by atoms with Crippen LogP contribution in [-0.2, 0) is 16.1 Å². The first-order valence-electron chi connectivity index (χ1n) is 10.5. The molecule has 2 heterocycles. The number of anilines is 1. The van der Waals surface area contributed by atoms with Gasteiger partial charge in [0.2, 0.25) is 0 Å². The monoisotopic (exact) mass is 444 g/mol. The maximum atomic E-state index is 13.1. The van der Waals surface area contributed by atoms with Gasteiger partial charge in [0.25, 0.3) is 11.8 Å². The quantitative estimate of drug-likeness (QED) is 0.502. The molecule has 0 saturated carbocycles. The summed E-state index contributed by atoms with van der Waals surface area (Å²) < 4.78 is 2.01. The van der Waals surface area contributed by atoms with Gasteiger partial charge in [0.15, 0.2) is 0 Å². The van der Waals surface area contributed by atoms with Gasteiger partial charge in [0.05, 0.1) is 5.75 Å². The van der Waals surface area contributed by atoms with E-state index in [-0.39, 0.29) is 23.7 Å². The molecule has 1 aliphatic heterocycles. The molecule has 1 atom stereocenters. The molecule has 1 aliphatic rings. The highest BCUT2D eigenvalue weighted by Gasteiger charge is 2.34. The SMILES string of the molecule is CN(C)c1ccc(C2SCC(=O)N2NC(=O)Cn2c3ccccc3c3ccccc32)cc1.